The SMILES string of the molecule is Cc1cnc(NC(=O)CSCCC(C)C)s1. The van der Waals surface area contributed by atoms with Crippen molar-refractivity contribution in [2.75, 3.05) is 16.8 Å². The van der Waals surface area contributed by atoms with Crippen LogP contribution in [0.2, 0.25) is 0 Å². The molecule has 1 N–H and O–H groups in total. The van der Waals surface area contributed by atoms with Gasteiger partial charge in [0.25, 0.3) is 0 Å². The number of aromatic nitrogens is 1. The number of hydrogen-bond acceptors (Lipinski definition) is 4. The van der Waals surface area contributed by atoms with E-state index in [0.717, 1.165) is 17.1 Å². The molecule has 1 heterocycles. The fourth-order valence-corrected chi connectivity index (χ4v) is 2.77. The van der Waals surface area contributed by atoms with Gasteiger partial charge in [0.2, 0.25) is 5.91 Å². The lowest BCUT2D eigenvalue weighted by atomic mass is 10.2. The summed E-state index contributed by atoms with van der Waals surface area (Å²) in [5.41, 5.74) is 0. The summed E-state index contributed by atoms with van der Waals surface area (Å²) in [5, 5.41) is 3.50. The summed E-state index contributed by atoms with van der Waals surface area (Å²) in [5.74, 6) is 2.31. The molecule has 0 saturated carbocycles. The molecule has 0 aliphatic rings. The molecule has 16 heavy (non-hydrogen) atoms. The smallest absolute Gasteiger partial charge is 0.236 e. The summed E-state index contributed by atoms with van der Waals surface area (Å²) in [7, 11) is 0. The molecule has 1 aromatic heterocycles. The molecule has 0 spiro atoms. The fourth-order valence-electron chi connectivity index (χ4n) is 1.05. The van der Waals surface area contributed by atoms with Crippen LogP contribution >= 0.6 is 23.1 Å². The summed E-state index contributed by atoms with van der Waals surface area (Å²) in [6, 6.07) is 0. The molecule has 0 aromatic carbocycles. The predicted molar refractivity (Wildman–Crippen MR) is 72.3 cm³/mol. The van der Waals surface area contributed by atoms with Gasteiger partial charge in [-0.1, -0.05) is 13.8 Å². The lowest BCUT2D eigenvalue weighted by Gasteiger charge is -2.04. The first kappa shape index (κ1) is 13.5. The zero-order chi connectivity index (χ0) is 12.0. The molecule has 0 unspecified atom stereocenters. The molecule has 5 heteroatoms. The van der Waals surface area contributed by atoms with Gasteiger partial charge >= 0.3 is 0 Å². The third-order valence-electron chi connectivity index (χ3n) is 1.94. The zero-order valence-corrected chi connectivity index (χ0v) is 11.6. The minimum atomic E-state index is 0.0445. The van der Waals surface area contributed by atoms with Crippen molar-refractivity contribution in [1.82, 2.24) is 4.98 Å². The van der Waals surface area contributed by atoms with Crippen molar-refractivity contribution in [3.05, 3.63) is 11.1 Å². The second kappa shape index (κ2) is 6.91. The highest BCUT2D eigenvalue weighted by atomic mass is 32.2. The van der Waals surface area contributed by atoms with Gasteiger partial charge in [-0.05, 0) is 25.0 Å². The Balaban J connectivity index is 2.16. The van der Waals surface area contributed by atoms with Crippen molar-refractivity contribution in [2.45, 2.75) is 27.2 Å². The third kappa shape index (κ3) is 5.51. The number of nitrogens with zero attached hydrogens (tertiary/aromatic N) is 1. The summed E-state index contributed by atoms with van der Waals surface area (Å²) >= 11 is 3.19. The molecule has 90 valence electrons. The van der Waals surface area contributed by atoms with Gasteiger partial charge in [0.15, 0.2) is 5.13 Å². The molecule has 3 nitrogen and oxygen atoms in total. The molecule has 0 aliphatic heterocycles. The van der Waals surface area contributed by atoms with Gasteiger partial charge in [0.05, 0.1) is 5.75 Å². The molecule has 0 aliphatic carbocycles. The molecule has 1 rings (SSSR count). The highest BCUT2D eigenvalue weighted by molar-refractivity contribution is 7.99. The van der Waals surface area contributed by atoms with Crippen molar-refractivity contribution in [3.8, 4) is 0 Å². The van der Waals surface area contributed by atoms with Gasteiger partial charge in [-0.15, -0.1) is 11.3 Å². The molecule has 0 saturated heterocycles. The van der Waals surface area contributed by atoms with E-state index in [1.54, 1.807) is 18.0 Å². The van der Waals surface area contributed by atoms with E-state index in [0.29, 0.717) is 16.8 Å². The Morgan fingerprint density at radius 2 is 2.38 bits per heavy atom. The van der Waals surface area contributed by atoms with E-state index in [9.17, 15) is 4.79 Å². The van der Waals surface area contributed by atoms with Gasteiger partial charge in [-0.3, -0.25) is 4.79 Å². The van der Waals surface area contributed by atoms with Crippen LogP contribution in [0.4, 0.5) is 5.13 Å². The Labute approximate surface area is 105 Å². The van der Waals surface area contributed by atoms with Crippen LogP contribution in [-0.4, -0.2) is 22.4 Å². The van der Waals surface area contributed by atoms with Crippen molar-refractivity contribution >= 4 is 34.1 Å². The molecular weight excluding hydrogens is 240 g/mol. The average Bonchev–Trinajstić information content (AvgIpc) is 2.58. The second-order valence-corrected chi connectivity index (χ2v) is 6.40. The molecular formula is C11H18N2OS2. The first-order valence-electron chi connectivity index (χ1n) is 5.38. The van der Waals surface area contributed by atoms with Crippen molar-refractivity contribution < 1.29 is 4.79 Å². The predicted octanol–water partition coefficient (Wildman–Crippen LogP) is 3.17. The summed E-state index contributed by atoms with van der Waals surface area (Å²) in [6.45, 7) is 6.36. The van der Waals surface area contributed by atoms with Crippen LogP contribution in [-0.2, 0) is 4.79 Å². The number of aryl methyl sites for hydroxylation is 1. The van der Waals surface area contributed by atoms with E-state index in [1.807, 2.05) is 6.92 Å². The molecule has 0 fully saturated rings. The average molecular weight is 258 g/mol. The monoisotopic (exact) mass is 258 g/mol. The Kier molecular flexibility index (Phi) is 5.84. The standard InChI is InChI=1S/C11H18N2OS2/c1-8(2)4-5-15-7-10(14)13-11-12-6-9(3)16-11/h6,8H,4-5,7H2,1-3H3,(H,12,13,14). The fraction of sp³-hybridized carbons (Fsp3) is 0.636. The van der Waals surface area contributed by atoms with E-state index in [4.69, 9.17) is 0 Å². The lowest BCUT2D eigenvalue weighted by molar-refractivity contribution is -0.113. The van der Waals surface area contributed by atoms with Crippen LogP contribution < -0.4 is 5.32 Å². The van der Waals surface area contributed by atoms with E-state index in [2.05, 4.69) is 24.1 Å². The van der Waals surface area contributed by atoms with Gasteiger partial charge in [-0.25, -0.2) is 4.98 Å². The summed E-state index contributed by atoms with van der Waals surface area (Å²) in [6.07, 6.45) is 2.93. The minimum absolute atomic E-state index is 0.0445. The van der Waals surface area contributed by atoms with Gasteiger partial charge < -0.3 is 5.32 Å². The first-order valence-corrected chi connectivity index (χ1v) is 7.35. The number of amides is 1. The van der Waals surface area contributed by atoms with Crippen LogP contribution in [0.5, 0.6) is 0 Å². The normalized spacial score (nSPS) is 10.8. The minimum Gasteiger partial charge on any atom is -0.301 e. The maximum atomic E-state index is 11.5. The topological polar surface area (TPSA) is 42.0 Å². The van der Waals surface area contributed by atoms with E-state index < -0.39 is 0 Å². The van der Waals surface area contributed by atoms with E-state index in [-0.39, 0.29) is 5.91 Å². The Bertz CT molecular complexity index is 336. The maximum absolute atomic E-state index is 11.5. The van der Waals surface area contributed by atoms with Crippen LogP contribution in [0.1, 0.15) is 25.1 Å². The quantitative estimate of drug-likeness (QED) is 0.797. The molecule has 1 amide bonds. The number of thioether (sulfide) groups is 1. The third-order valence-corrected chi connectivity index (χ3v) is 3.76. The number of rotatable bonds is 6. The van der Waals surface area contributed by atoms with Crippen molar-refractivity contribution in [1.29, 1.82) is 0 Å². The number of carbonyl (C=O) groups is 1. The van der Waals surface area contributed by atoms with E-state index >= 15 is 0 Å². The van der Waals surface area contributed by atoms with Gasteiger partial charge in [0.1, 0.15) is 0 Å². The second-order valence-electron chi connectivity index (χ2n) is 4.06. The number of hydrogen-bond donors (Lipinski definition) is 1. The summed E-state index contributed by atoms with van der Waals surface area (Å²) < 4.78 is 0. The molecule has 0 atom stereocenters. The highest BCUT2D eigenvalue weighted by Gasteiger charge is 2.05. The number of thiazole rings is 1. The molecule has 1 aromatic rings. The number of nitrogens with one attached hydrogen (secondary N) is 1. The highest BCUT2D eigenvalue weighted by Crippen LogP contribution is 2.17. The van der Waals surface area contributed by atoms with Crippen LogP contribution in [0.25, 0.3) is 0 Å². The largest absolute Gasteiger partial charge is 0.301 e. The molecule has 0 radical (unpaired) electrons. The zero-order valence-electron chi connectivity index (χ0n) is 9.95. The van der Waals surface area contributed by atoms with Crippen LogP contribution in [0.3, 0.4) is 0 Å². The maximum Gasteiger partial charge on any atom is 0.236 e. The van der Waals surface area contributed by atoms with Crippen LogP contribution in [0, 0.1) is 12.8 Å². The Morgan fingerprint density at radius 3 is 2.94 bits per heavy atom. The Morgan fingerprint density at radius 1 is 1.62 bits per heavy atom. The van der Waals surface area contributed by atoms with Crippen molar-refractivity contribution in [2.24, 2.45) is 5.92 Å². The van der Waals surface area contributed by atoms with Crippen molar-refractivity contribution in [3.63, 3.8) is 0 Å². The Hall–Kier alpha value is -0.550. The summed E-state index contributed by atoms with van der Waals surface area (Å²) in [4.78, 5) is 16.7. The van der Waals surface area contributed by atoms with Crippen LogP contribution in [0.15, 0.2) is 6.20 Å². The lowest BCUT2D eigenvalue weighted by Crippen LogP contribution is -2.14. The number of anilines is 1. The first-order chi connectivity index (χ1) is 7.58. The number of carbonyl (C=O) groups excluding carboxylic acids is 1. The molecule has 0 bridgehead atoms. The van der Waals surface area contributed by atoms with Gasteiger partial charge in [-0.2, -0.15) is 11.8 Å². The van der Waals surface area contributed by atoms with Gasteiger partial charge in [0, 0.05) is 11.1 Å². The van der Waals surface area contributed by atoms with E-state index in [1.165, 1.54) is 11.3 Å².